The summed E-state index contributed by atoms with van der Waals surface area (Å²) in [6.07, 6.45) is 3.37. The van der Waals surface area contributed by atoms with E-state index in [2.05, 4.69) is 34.5 Å². The molecule has 4 amide bonds. The second-order valence-electron chi connectivity index (χ2n) is 11.2. The van der Waals surface area contributed by atoms with Gasteiger partial charge in [-0.25, -0.2) is 9.69 Å². The van der Waals surface area contributed by atoms with E-state index in [1.807, 2.05) is 48.5 Å². The molecule has 0 bridgehead atoms. The Morgan fingerprint density at radius 2 is 1.33 bits per heavy atom. The SMILES string of the molecule is COc1ccc(/C=C2\C(=O)NC(=O)N(c3cc4c5c(c3)[C@H](c3ccccc3)CCN5CC[C@H]4c3ccccc3)C2=O)cc1. The molecule has 3 aliphatic rings. The van der Waals surface area contributed by atoms with Crippen LogP contribution in [0.2, 0.25) is 0 Å². The molecular weight excluding hydrogens is 538 g/mol. The van der Waals surface area contributed by atoms with E-state index in [0.717, 1.165) is 42.0 Å². The van der Waals surface area contributed by atoms with Gasteiger partial charge in [-0.1, -0.05) is 72.8 Å². The number of hydrogen-bond donors (Lipinski definition) is 1. The summed E-state index contributed by atoms with van der Waals surface area (Å²) < 4.78 is 5.23. The topological polar surface area (TPSA) is 79.0 Å². The second-order valence-corrected chi connectivity index (χ2v) is 11.2. The third-order valence-electron chi connectivity index (χ3n) is 8.79. The molecule has 0 aliphatic carbocycles. The Morgan fingerprint density at radius 1 is 0.767 bits per heavy atom. The molecule has 0 radical (unpaired) electrons. The summed E-state index contributed by atoms with van der Waals surface area (Å²) in [6.45, 7) is 1.87. The summed E-state index contributed by atoms with van der Waals surface area (Å²) in [6, 6.07) is 31.1. The number of urea groups is 1. The maximum absolute atomic E-state index is 14.0. The summed E-state index contributed by atoms with van der Waals surface area (Å²) in [5.74, 6) is -0.472. The van der Waals surface area contributed by atoms with Crippen molar-refractivity contribution in [1.29, 1.82) is 0 Å². The molecule has 3 heterocycles. The standard InChI is InChI=1S/C36H31N3O4/c1-43-27-14-12-23(13-15-27)20-32-34(40)37-36(42)39(35(32)41)26-21-30-28(24-8-4-2-5-9-24)16-18-38-19-17-29(31(22-26)33(30)38)25-10-6-3-7-11-25/h2-15,20-22,28-29H,16-19H2,1H3,(H,37,40,42)/b32-20+/t28-,29-/m0/s1. The predicted molar refractivity (Wildman–Crippen MR) is 166 cm³/mol. The number of carbonyl (C=O) groups excluding carboxylic acids is 3. The van der Waals surface area contributed by atoms with Gasteiger partial charge in [-0.3, -0.25) is 14.9 Å². The molecule has 3 aliphatic heterocycles. The Labute approximate surface area is 250 Å². The molecule has 0 saturated carbocycles. The van der Waals surface area contributed by atoms with E-state index in [1.165, 1.54) is 22.9 Å². The average molecular weight is 570 g/mol. The number of ether oxygens (including phenoxy) is 1. The highest BCUT2D eigenvalue weighted by atomic mass is 16.5. The lowest BCUT2D eigenvalue weighted by Crippen LogP contribution is -2.54. The molecule has 0 unspecified atom stereocenters. The van der Waals surface area contributed by atoms with Gasteiger partial charge in [0.1, 0.15) is 11.3 Å². The molecule has 0 spiro atoms. The van der Waals surface area contributed by atoms with E-state index >= 15 is 0 Å². The predicted octanol–water partition coefficient (Wildman–Crippen LogP) is 6.24. The lowest BCUT2D eigenvalue weighted by atomic mass is 9.76. The quantitative estimate of drug-likeness (QED) is 0.227. The van der Waals surface area contributed by atoms with Crippen molar-refractivity contribution >= 4 is 35.3 Å². The molecule has 7 heteroatoms. The van der Waals surface area contributed by atoms with Crippen LogP contribution in [-0.2, 0) is 9.59 Å². The molecule has 4 aromatic rings. The largest absolute Gasteiger partial charge is 0.497 e. The van der Waals surface area contributed by atoms with E-state index < -0.39 is 17.8 Å². The minimum atomic E-state index is -0.745. The number of carbonyl (C=O) groups is 3. The van der Waals surface area contributed by atoms with Crippen molar-refractivity contribution in [2.24, 2.45) is 0 Å². The Balaban J connectivity index is 1.38. The lowest BCUT2D eigenvalue weighted by molar-refractivity contribution is -0.122. The number of rotatable bonds is 5. The zero-order chi connectivity index (χ0) is 29.5. The number of barbiturate groups is 1. The maximum Gasteiger partial charge on any atom is 0.335 e. The second kappa shape index (κ2) is 10.9. The molecule has 1 saturated heterocycles. The number of methoxy groups -OCH3 is 1. The summed E-state index contributed by atoms with van der Waals surface area (Å²) >= 11 is 0. The van der Waals surface area contributed by atoms with Crippen molar-refractivity contribution in [2.45, 2.75) is 24.7 Å². The fourth-order valence-corrected chi connectivity index (χ4v) is 6.73. The van der Waals surface area contributed by atoms with E-state index in [0.29, 0.717) is 17.0 Å². The van der Waals surface area contributed by atoms with Crippen molar-refractivity contribution in [3.05, 3.63) is 130 Å². The first kappa shape index (κ1) is 26.7. The Morgan fingerprint density at radius 3 is 1.86 bits per heavy atom. The van der Waals surface area contributed by atoms with Gasteiger partial charge in [-0.2, -0.15) is 0 Å². The number of anilines is 2. The summed E-state index contributed by atoms with van der Waals surface area (Å²) in [4.78, 5) is 43.8. The van der Waals surface area contributed by atoms with Gasteiger partial charge >= 0.3 is 6.03 Å². The normalized spacial score (nSPS) is 20.6. The Kier molecular flexibility index (Phi) is 6.78. The summed E-state index contributed by atoms with van der Waals surface area (Å²) in [7, 11) is 1.57. The third-order valence-corrected chi connectivity index (χ3v) is 8.79. The Bertz CT molecular complexity index is 1680. The van der Waals surface area contributed by atoms with Crippen LogP contribution in [0.1, 0.15) is 52.5 Å². The van der Waals surface area contributed by atoms with Crippen LogP contribution in [0.3, 0.4) is 0 Å². The van der Waals surface area contributed by atoms with Gasteiger partial charge in [0.05, 0.1) is 12.8 Å². The molecule has 1 N–H and O–H groups in total. The molecule has 2 atom stereocenters. The van der Waals surface area contributed by atoms with Crippen LogP contribution in [0, 0.1) is 0 Å². The minimum absolute atomic E-state index is 0.100. The average Bonchev–Trinajstić information content (AvgIpc) is 3.04. The summed E-state index contributed by atoms with van der Waals surface area (Å²) in [5.41, 5.74) is 6.82. The van der Waals surface area contributed by atoms with Gasteiger partial charge < -0.3 is 9.64 Å². The van der Waals surface area contributed by atoms with E-state index in [4.69, 9.17) is 4.74 Å². The first-order valence-electron chi connectivity index (χ1n) is 14.6. The Hall–Kier alpha value is -5.17. The van der Waals surface area contributed by atoms with E-state index in [-0.39, 0.29) is 17.4 Å². The van der Waals surface area contributed by atoms with Crippen molar-refractivity contribution in [1.82, 2.24) is 5.32 Å². The molecule has 1 fully saturated rings. The van der Waals surface area contributed by atoms with Gasteiger partial charge in [0.2, 0.25) is 0 Å². The molecule has 0 aromatic heterocycles. The number of benzene rings is 4. The number of imide groups is 2. The number of nitrogens with one attached hydrogen (secondary N) is 1. The third kappa shape index (κ3) is 4.77. The number of hydrogen-bond acceptors (Lipinski definition) is 5. The molecule has 4 aromatic carbocycles. The van der Waals surface area contributed by atoms with Crippen LogP contribution in [0.25, 0.3) is 6.08 Å². The fourth-order valence-electron chi connectivity index (χ4n) is 6.73. The smallest absolute Gasteiger partial charge is 0.335 e. The monoisotopic (exact) mass is 569 g/mol. The first-order chi connectivity index (χ1) is 21.0. The van der Waals surface area contributed by atoms with Gasteiger partial charge in [0, 0.05) is 30.6 Å². The van der Waals surface area contributed by atoms with E-state index in [9.17, 15) is 14.4 Å². The van der Waals surface area contributed by atoms with Crippen LogP contribution in [0.15, 0.2) is 103 Å². The zero-order valence-electron chi connectivity index (χ0n) is 23.8. The highest BCUT2D eigenvalue weighted by molar-refractivity contribution is 6.39. The highest BCUT2D eigenvalue weighted by Crippen LogP contribution is 2.50. The molecule has 7 nitrogen and oxygen atoms in total. The van der Waals surface area contributed by atoms with Crippen LogP contribution < -0.4 is 19.9 Å². The van der Waals surface area contributed by atoms with Crippen LogP contribution >= 0.6 is 0 Å². The van der Waals surface area contributed by atoms with Crippen molar-refractivity contribution in [3.63, 3.8) is 0 Å². The molecule has 43 heavy (non-hydrogen) atoms. The molecule has 214 valence electrons. The van der Waals surface area contributed by atoms with Crippen molar-refractivity contribution in [3.8, 4) is 5.75 Å². The molecular formula is C36H31N3O4. The van der Waals surface area contributed by atoms with Gasteiger partial charge in [-0.05, 0) is 71.0 Å². The lowest BCUT2D eigenvalue weighted by Gasteiger charge is -2.44. The van der Waals surface area contributed by atoms with Gasteiger partial charge in [-0.15, -0.1) is 0 Å². The van der Waals surface area contributed by atoms with Gasteiger partial charge in [0.15, 0.2) is 0 Å². The number of amides is 4. The van der Waals surface area contributed by atoms with Crippen LogP contribution in [0.4, 0.5) is 16.2 Å². The summed E-state index contributed by atoms with van der Waals surface area (Å²) in [5, 5.41) is 2.40. The zero-order valence-corrected chi connectivity index (χ0v) is 23.8. The molecule has 7 rings (SSSR count). The van der Waals surface area contributed by atoms with Crippen molar-refractivity contribution in [2.75, 3.05) is 30.0 Å². The van der Waals surface area contributed by atoms with Crippen molar-refractivity contribution < 1.29 is 19.1 Å². The minimum Gasteiger partial charge on any atom is -0.497 e. The first-order valence-corrected chi connectivity index (χ1v) is 14.6. The number of nitrogens with zero attached hydrogens (tertiary/aromatic N) is 2. The van der Waals surface area contributed by atoms with Gasteiger partial charge in [0.25, 0.3) is 11.8 Å². The maximum atomic E-state index is 14.0. The fraction of sp³-hybridized carbons (Fsp3) is 0.194. The van der Waals surface area contributed by atoms with Crippen LogP contribution in [0.5, 0.6) is 5.75 Å². The van der Waals surface area contributed by atoms with E-state index in [1.54, 1.807) is 31.4 Å². The van der Waals surface area contributed by atoms with Crippen LogP contribution in [-0.4, -0.2) is 38.0 Å². The highest BCUT2D eigenvalue weighted by Gasteiger charge is 2.40.